The monoisotopic (exact) mass is 514 g/mol. The molecule has 0 aliphatic carbocycles. The summed E-state index contributed by atoms with van der Waals surface area (Å²) in [6.45, 7) is 9.46. The molecule has 0 aromatic heterocycles. The zero-order chi connectivity index (χ0) is 27.0. The van der Waals surface area contributed by atoms with Crippen molar-refractivity contribution >= 4 is 23.5 Å². The number of anilines is 1. The number of esters is 1. The Morgan fingerprint density at radius 1 is 1.27 bits per heavy atom. The van der Waals surface area contributed by atoms with E-state index >= 15 is 0 Å². The second-order valence-electron chi connectivity index (χ2n) is 10.0. The molecule has 1 spiro atoms. The molecule has 9 nitrogen and oxygen atoms in total. The number of nitrogens with zero attached hydrogens (tertiary/aromatic N) is 2. The van der Waals surface area contributed by atoms with Gasteiger partial charge in [-0.25, -0.2) is 0 Å². The molecule has 3 aliphatic rings. The highest BCUT2D eigenvalue weighted by atomic mass is 16.6. The fraction of sp³-hybridized carbons (Fsp3) is 0.607. The number of ether oxygens (including phenoxy) is 3. The third kappa shape index (κ3) is 4.03. The summed E-state index contributed by atoms with van der Waals surface area (Å²) in [6, 6.07) is 5.49. The van der Waals surface area contributed by atoms with Crippen molar-refractivity contribution in [1.82, 2.24) is 4.90 Å². The molecule has 2 bridgehead atoms. The van der Waals surface area contributed by atoms with Crippen LogP contribution in [0.4, 0.5) is 5.69 Å². The Balaban J connectivity index is 1.84. The number of hydrogen-bond acceptors (Lipinski definition) is 7. The van der Waals surface area contributed by atoms with Crippen LogP contribution in [0.1, 0.15) is 46.5 Å². The number of benzene rings is 1. The third-order valence-corrected chi connectivity index (χ3v) is 8.43. The Hall–Kier alpha value is -2.91. The fourth-order valence-corrected chi connectivity index (χ4v) is 6.69. The molecule has 3 aliphatic heterocycles. The molecule has 6 atom stereocenters. The number of hydrogen-bond donors (Lipinski definition) is 1. The van der Waals surface area contributed by atoms with Gasteiger partial charge in [0.1, 0.15) is 23.3 Å². The average molecular weight is 515 g/mol. The Morgan fingerprint density at radius 3 is 2.51 bits per heavy atom. The van der Waals surface area contributed by atoms with Crippen LogP contribution < -0.4 is 9.64 Å². The Morgan fingerprint density at radius 2 is 1.97 bits per heavy atom. The zero-order valence-corrected chi connectivity index (χ0v) is 22.1. The van der Waals surface area contributed by atoms with Crippen LogP contribution in [-0.2, 0) is 23.9 Å². The summed E-state index contributed by atoms with van der Waals surface area (Å²) in [5.74, 6) is -2.13. The van der Waals surface area contributed by atoms with E-state index in [-0.39, 0.29) is 31.6 Å². The SMILES string of the molecule is C=CCN(C(=O)C1N([C@@H](CC)CO)C(=O)[C@@H]2[C@H](C(=O)OCC)[C@]3(CC)CCC12O3)c1ccc(OC)cc1. The molecule has 0 saturated carbocycles. The lowest BCUT2D eigenvalue weighted by Gasteiger charge is -2.39. The Kier molecular flexibility index (Phi) is 7.67. The molecule has 3 heterocycles. The van der Waals surface area contributed by atoms with Crippen molar-refractivity contribution in [3.63, 3.8) is 0 Å². The second-order valence-corrected chi connectivity index (χ2v) is 10.0. The van der Waals surface area contributed by atoms with Gasteiger partial charge >= 0.3 is 5.97 Å². The Bertz CT molecular complexity index is 1040. The van der Waals surface area contributed by atoms with E-state index in [2.05, 4.69) is 6.58 Å². The minimum absolute atomic E-state index is 0.188. The highest BCUT2D eigenvalue weighted by molar-refractivity contribution is 6.05. The van der Waals surface area contributed by atoms with E-state index in [9.17, 15) is 19.5 Å². The maximum atomic E-state index is 14.5. The summed E-state index contributed by atoms with van der Waals surface area (Å²) in [5, 5.41) is 10.2. The molecule has 202 valence electrons. The van der Waals surface area contributed by atoms with Crippen LogP contribution in [0.25, 0.3) is 0 Å². The van der Waals surface area contributed by atoms with Gasteiger partial charge in [0.2, 0.25) is 5.91 Å². The molecule has 1 N–H and O–H groups in total. The van der Waals surface area contributed by atoms with Crippen molar-refractivity contribution in [2.75, 3.05) is 31.8 Å². The molecule has 3 fully saturated rings. The van der Waals surface area contributed by atoms with Crippen LogP contribution in [0.2, 0.25) is 0 Å². The highest BCUT2D eigenvalue weighted by Gasteiger charge is 2.79. The van der Waals surface area contributed by atoms with Crippen molar-refractivity contribution < 1.29 is 33.7 Å². The minimum Gasteiger partial charge on any atom is -0.497 e. The highest BCUT2D eigenvalue weighted by Crippen LogP contribution is 2.65. The maximum Gasteiger partial charge on any atom is 0.312 e. The number of fused-ring (bicyclic) bond motifs is 1. The summed E-state index contributed by atoms with van der Waals surface area (Å²) in [6.07, 6.45) is 3.61. The van der Waals surface area contributed by atoms with Crippen LogP contribution in [-0.4, -0.2) is 77.9 Å². The fourth-order valence-electron chi connectivity index (χ4n) is 6.69. The number of carbonyl (C=O) groups is 3. The van der Waals surface area contributed by atoms with Crippen molar-refractivity contribution in [3.05, 3.63) is 36.9 Å². The van der Waals surface area contributed by atoms with Crippen LogP contribution >= 0.6 is 0 Å². The summed E-state index contributed by atoms with van der Waals surface area (Å²) in [4.78, 5) is 44.9. The number of aliphatic hydroxyl groups excluding tert-OH is 1. The quantitative estimate of drug-likeness (QED) is 0.358. The Labute approximate surface area is 218 Å². The number of amides is 2. The topological polar surface area (TPSA) is 106 Å². The van der Waals surface area contributed by atoms with E-state index < -0.39 is 41.1 Å². The maximum absolute atomic E-state index is 14.5. The van der Waals surface area contributed by atoms with Gasteiger partial charge in [0.15, 0.2) is 0 Å². The third-order valence-electron chi connectivity index (χ3n) is 8.43. The molecular weight excluding hydrogens is 476 g/mol. The van der Waals surface area contributed by atoms with E-state index in [1.54, 1.807) is 49.3 Å². The van der Waals surface area contributed by atoms with Gasteiger partial charge in [0.05, 0.1) is 37.9 Å². The van der Waals surface area contributed by atoms with Gasteiger partial charge < -0.3 is 29.1 Å². The van der Waals surface area contributed by atoms with Crippen LogP contribution in [0.3, 0.4) is 0 Å². The summed E-state index contributed by atoms with van der Waals surface area (Å²) >= 11 is 0. The molecule has 1 aromatic rings. The number of rotatable bonds is 11. The van der Waals surface area contributed by atoms with Crippen molar-refractivity contribution in [3.8, 4) is 5.75 Å². The van der Waals surface area contributed by atoms with Crippen LogP contribution in [0.5, 0.6) is 5.75 Å². The smallest absolute Gasteiger partial charge is 0.312 e. The lowest BCUT2D eigenvalue weighted by molar-refractivity contribution is -0.161. The molecule has 37 heavy (non-hydrogen) atoms. The number of aliphatic hydroxyl groups is 1. The van der Waals surface area contributed by atoms with Crippen molar-refractivity contribution in [2.45, 2.75) is 69.7 Å². The first-order valence-electron chi connectivity index (χ1n) is 13.1. The first-order valence-corrected chi connectivity index (χ1v) is 13.1. The van der Waals surface area contributed by atoms with Gasteiger partial charge in [-0.2, -0.15) is 0 Å². The molecule has 2 unspecified atom stereocenters. The summed E-state index contributed by atoms with van der Waals surface area (Å²) < 4.78 is 17.4. The number of likely N-dealkylation sites (tertiary alicyclic amines) is 1. The second kappa shape index (κ2) is 10.5. The van der Waals surface area contributed by atoms with Crippen molar-refractivity contribution in [1.29, 1.82) is 0 Å². The van der Waals surface area contributed by atoms with Gasteiger partial charge in [-0.05, 0) is 56.9 Å². The van der Waals surface area contributed by atoms with Crippen molar-refractivity contribution in [2.24, 2.45) is 11.8 Å². The molecule has 9 heteroatoms. The molecule has 3 saturated heterocycles. The molecule has 0 radical (unpaired) electrons. The van der Waals surface area contributed by atoms with Gasteiger partial charge in [-0.1, -0.05) is 19.9 Å². The minimum atomic E-state index is -1.18. The lowest BCUT2D eigenvalue weighted by Crippen LogP contribution is -2.59. The first-order chi connectivity index (χ1) is 17.8. The summed E-state index contributed by atoms with van der Waals surface area (Å²) in [5.41, 5.74) is -1.42. The molecular formula is C28H38N2O7. The van der Waals surface area contributed by atoms with E-state index in [1.165, 1.54) is 4.90 Å². The normalized spacial score (nSPS) is 30.7. The van der Waals surface area contributed by atoms with Crippen LogP contribution in [0.15, 0.2) is 36.9 Å². The predicted octanol–water partition coefficient (Wildman–Crippen LogP) is 2.70. The predicted molar refractivity (Wildman–Crippen MR) is 137 cm³/mol. The summed E-state index contributed by atoms with van der Waals surface area (Å²) in [7, 11) is 1.57. The number of methoxy groups -OCH3 is 1. The average Bonchev–Trinajstić information content (AvgIpc) is 3.52. The molecule has 1 aromatic carbocycles. The zero-order valence-electron chi connectivity index (χ0n) is 22.1. The van der Waals surface area contributed by atoms with E-state index in [0.29, 0.717) is 37.1 Å². The van der Waals surface area contributed by atoms with Gasteiger partial charge in [-0.3, -0.25) is 14.4 Å². The standard InChI is InChI=1S/C28H38N2O7/c1-6-16-29(19-10-12-20(35-5)13-11-19)25(33)23-28-15-14-27(8-3,37-28)22(26(34)36-9-4)21(28)24(32)30(23)18(7-2)17-31/h6,10-13,18,21-23,31H,1,7-9,14-17H2,2-5H3/t18-,21-,22+,23?,27-,28?/m0/s1. The van der Waals surface area contributed by atoms with Crippen LogP contribution in [0, 0.1) is 11.8 Å². The first kappa shape index (κ1) is 27.1. The molecule has 2 amide bonds. The largest absolute Gasteiger partial charge is 0.497 e. The number of carbonyl (C=O) groups excluding carboxylic acids is 3. The van der Waals surface area contributed by atoms with Gasteiger partial charge in [0, 0.05) is 12.2 Å². The van der Waals surface area contributed by atoms with E-state index in [0.717, 1.165) is 0 Å². The van der Waals surface area contributed by atoms with Gasteiger partial charge in [0.25, 0.3) is 5.91 Å². The van der Waals surface area contributed by atoms with Gasteiger partial charge in [-0.15, -0.1) is 6.58 Å². The molecule has 4 rings (SSSR count). The lowest BCUT2D eigenvalue weighted by atomic mass is 9.65. The van der Waals surface area contributed by atoms with E-state index in [4.69, 9.17) is 14.2 Å². The van der Waals surface area contributed by atoms with E-state index in [1.807, 2.05) is 13.8 Å².